The molecule has 0 saturated heterocycles. The predicted octanol–water partition coefficient (Wildman–Crippen LogP) is 5.71. The predicted molar refractivity (Wildman–Crippen MR) is 171 cm³/mol. The van der Waals surface area contributed by atoms with Gasteiger partial charge in [-0.05, 0) is 82.3 Å². The fraction of sp³-hybridized carbons (Fsp3) is 0.412. The number of benzene rings is 3. The second-order valence-corrected chi connectivity index (χ2v) is 14.1. The smallest absolute Gasteiger partial charge is 0.243 e. The van der Waals surface area contributed by atoms with E-state index in [0.29, 0.717) is 18.5 Å². The average Bonchev–Trinajstić information content (AvgIpc) is 2.90. The third-order valence-electron chi connectivity index (χ3n) is 7.17. The standard InChI is InChI=1S/C34H45N3O4S/c1-25-15-18-29(19-16-25)24-36(31(33(39)35-34(4,5)6)23-28-12-9-8-10-13-28)32(38)14-11-21-37(42(7,40)41)30-20-17-26(2)27(3)22-30/h8-10,12-13,15-20,22,31H,11,14,21,23-24H2,1-7H3,(H,35,39). The van der Waals surface area contributed by atoms with Crippen molar-refractivity contribution in [3.05, 3.63) is 101 Å². The van der Waals surface area contributed by atoms with Crippen LogP contribution in [0.2, 0.25) is 0 Å². The second-order valence-electron chi connectivity index (χ2n) is 12.2. The van der Waals surface area contributed by atoms with Crippen LogP contribution in [0.25, 0.3) is 0 Å². The first-order valence-electron chi connectivity index (χ1n) is 14.4. The van der Waals surface area contributed by atoms with Crippen molar-refractivity contribution in [2.75, 3.05) is 17.1 Å². The lowest BCUT2D eigenvalue weighted by Crippen LogP contribution is -2.54. The number of rotatable bonds is 12. The van der Waals surface area contributed by atoms with Gasteiger partial charge in [0, 0.05) is 31.5 Å². The van der Waals surface area contributed by atoms with Gasteiger partial charge in [-0.1, -0.05) is 66.2 Å². The normalized spacial score (nSPS) is 12.5. The van der Waals surface area contributed by atoms with Crippen molar-refractivity contribution in [3.63, 3.8) is 0 Å². The van der Waals surface area contributed by atoms with Crippen molar-refractivity contribution in [1.82, 2.24) is 10.2 Å². The van der Waals surface area contributed by atoms with E-state index in [1.54, 1.807) is 11.0 Å². The molecular weight excluding hydrogens is 546 g/mol. The van der Waals surface area contributed by atoms with Crippen LogP contribution in [0.15, 0.2) is 72.8 Å². The van der Waals surface area contributed by atoms with E-state index in [4.69, 9.17) is 0 Å². The zero-order valence-corrected chi connectivity index (χ0v) is 26.8. The first kappa shape index (κ1) is 32.9. The van der Waals surface area contributed by atoms with E-state index in [9.17, 15) is 18.0 Å². The molecule has 0 aliphatic carbocycles. The van der Waals surface area contributed by atoms with E-state index in [-0.39, 0.29) is 31.3 Å². The van der Waals surface area contributed by atoms with Gasteiger partial charge in [-0.25, -0.2) is 8.42 Å². The highest BCUT2D eigenvalue weighted by molar-refractivity contribution is 7.92. The Labute approximate surface area is 252 Å². The molecule has 0 spiro atoms. The molecule has 0 saturated carbocycles. The first-order valence-corrected chi connectivity index (χ1v) is 16.2. The minimum absolute atomic E-state index is 0.0941. The Kier molecular flexibility index (Phi) is 11.0. The van der Waals surface area contributed by atoms with Crippen LogP contribution in [0.4, 0.5) is 5.69 Å². The van der Waals surface area contributed by atoms with Crippen molar-refractivity contribution in [2.24, 2.45) is 0 Å². The van der Waals surface area contributed by atoms with Gasteiger partial charge in [0.15, 0.2) is 0 Å². The summed E-state index contributed by atoms with van der Waals surface area (Å²) in [6.45, 7) is 12.1. The van der Waals surface area contributed by atoms with Crippen LogP contribution >= 0.6 is 0 Å². The number of amides is 2. The molecule has 2 amide bonds. The third-order valence-corrected chi connectivity index (χ3v) is 8.37. The molecule has 42 heavy (non-hydrogen) atoms. The molecular formula is C34H45N3O4S. The number of anilines is 1. The van der Waals surface area contributed by atoms with E-state index < -0.39 is 21.6 Å². The number of carbonyl (C=O) groups is 2. The van der Waals surface area contributed by atoms with Crippen LogP contribution < -0.4 is 9.62 Å². The summed E-state index contributed by atoms with van der Waals surface area (Å²) in [6.07, 6.45) is 1.94. The highest BCUT2D eigenvalue weighted by Crippen LogP contribution is 2.23. The van der Waals surface area contributed by atoms with E-state index in [1.807, 2.05) is 108 Å². The molecule has 0 fully saturated rings. The van der Waals surface area contributed by atoms with Crippen molar-refractivity contribution in [2.45, 2.75) is 78.9 Å². The molecule has 1 N–H and O–H groups in total. The summed E-state index contributed by atoms with van der Waals surface area (Å²) in [5, 5.41) is 3.07. The summed E-state index contributed by atoms with van der Waals surface area (Å²) in [7, 11) is -3.56. The fourth-order valence-corrected chi connectivity index (χ4v) is 5.74. The number of nitrogens with one attached hydrogen (secondary N) is 1. The number of nitrogens with zero attached hydrogens (tertiary/aromatic N) is 2. The van der Waals surface area contributed by atoms with Gasteiger partial charge in [-0.2, -0.15) is 0 Å². The van der Waals surface area contributed by atoms with E-state index in [0.717, 1.165) is 27.8 Å². The van der Waals surface area contributed by atoms with Crippen LogP contribution in [0.5, 0.6) is 0 Å². The number of carbonyl (C=O) groups excluding carboxylic acids is 2. The summed E-state index contributed by atoms with van der Waals surface area (Å²) >= 11 is 0. The third kappa shape index (κ3) is 9.72. The van der Waals surface area contributed by atoms with Crippen LogP contribution in [0.3, 0.4) is 0 Å². The number of aryl methyl sites for hydroxylation is 3. The molecule has 3 rings (SSSR count). The number of hydrogen-bond acceptors (Lipinski definition) is 4. The van der Waals surface area contributed by atoms with Crippen LogP contribution in [0, 0.1) is 20.8 Å². The summed E-state index contributed by atoms with van der Waals surface area (Å²) in [4.78, 5) is 29.3. The van der Waals surface area contributed by atoms with Gasteiger partial charge in [0.2, 0.25) is 21.8 Å². The largest absolute Gasteiger partial charge is 0.350 e. The van der Waals surface area contributed by atoms with Crippen molar-refractivity contribution in [1.29, 1.82) is 0 Å². The molecule has 1 atom stereocenters. The summed E-state index contributed by atoms with van der Waals surface area (Å²) < 4.78 is 26.8. The van der Waals surface area contributed by atoms with E-state index >= 15 is 0 Å². The Morgan fingerprint density at radius 1 is 0.857 bits per heavy atom. The Bertz CT molecular complexity index is 1460. The monoisotopic (exact) mass is 591 g/mol. The van der Waals surface area contributed by atoms with Crippen LogP contribution in [-0.4, -0.2) is 49.5 Å². The SMILES string of the molecule is Cc1ccc(CN(C(=O)CCCN(c2ccc(C)c(C)c2)S(C)(=O)=O)C(Cc2ccccc2)C(=O)NC(C)(C)C)cc1. The van der Waals surface area contributed by atoms with Gasteiger partial charge < -0.3 is 10.2 Å². The van der Waals surface area contributed by atoms with Gasteiger partial charge in [-0.3, -0.25) is 13.9 Å². The molecule has 0 radical (unpaired) electrons. The Balaban J connectivity index is 1.90. The minimum Gasteiger partial charge on any atom is -0.350 e. The molecule has 0 heterocycles. The summed E-state index contributed by atoms with van der Waals surface area (Å²) in [5.74, 6) is -0.422. The van der Waals surface area contributed by atoms with Crippen molar-refractivity contribution in [3.8, 4) is 0 Å². The molecule has 0 aromatic heterocycles. The summed E-state index contributed by atoms with van der Waals surface area (Å²) in [6, 6.07) is 22.4. The highest BCUT2D eigenvalue weighted by Gasteiger charge is 2.32. The van der Waals surface area contributed by atoms with Gasteiger partial charge >= 0.3 is 0 Å². The molecule has 0 bridgehead atoms. The Hall–Kier alpha value is -3.65. The topological polar surface area (TPSA) is 86.8 Å². The molecule has 7 nitrogen and oxygen atoms in total. The maximum atomic E-state index is 14.0. The number of sulfonamides is 1. The zero-order chi connectivity index (χ0) is 31.1. The van der Waals surface area contributed by atoms with Gasteiger partial charge in [0.05, 0.1) is 11.9 Å². The maximum absolute atomic E-state index is 14.0. The first-order chi connectivity index (χ1) is 19.6. The molecule has 0 aliphatic rings. The highest BCUT2D eigenvalue weighted by atomic mass is 32.2. The lowest BCUT2D eigenvalue weighted by Gasteiger charge is -2.34. The summed E-state index contributed by atoms with van der Waals surface area (Å²) in [5.41, 5.74) is 5.15. The molecule has 0 aliphatic heterocycles. The lowest BCUT2D eigenvalue weighted by atomic mass is 10.00. The van der Waals surface area contributed by atoms with E-state index in [1.165, 1.54) is 10.6 Å². The Morgan fingerprint density at radius 2 is 1.50 bits per heavy atom. The molecule has 226 valence electrons. The van der Waals surface area contributed by atoms with Gasteiger partial charge in [0.1, 0.15) is 6.04 Å². The molecule has 1 unspecified atom stereocenters. The molecule has 3 aromatic rings. The maximum Gasteiger partial charge on any atom is 0.243 e. The Morgan fingerprint density at radius 3 is 2.07 bits per heavy atom. The van der Waals surface area contributed by atoms with Crippen molar-refractivity contribution >= 4 is 27.5 Å². The molecule has 3 aromatic carbocycles. The van der Waals surface area contributed by atoms with Crippen molar-refractivity contribution < 1.29 is 18.0 Å². The van der Waals surface area contributed by atoms with Crippen LogP contribution in [0.1, 0.15) is 61.4 Å². The van der Waals surface area contributed by atoms with E-state index in [2.05, 4.69) is 5.32 Å². The fourth-order valence-electron chi connectivity index (χ4n) is 4.78. The minimum atomic E-state index is -3.56. The zero-order valence-electron chi connectivity index (χ0n) is 26.0. The second kappa shape index (κ2) is 14.0. The average molecular weight is 592 g/mol. The molecule has 8 heteroatoms. The van der Waals surface area contributed by atoms with Gasteiger partial charge in [-0.15, -0.1) is 0 Å². The quantitative estimate of drug-likeness (QED) is 0.292. The lowest BCUT2D eigenvalue weighted by molar-refractivity contribution is -0.142. The van der Waals surface area contributed by atoms with Gasteiger partial charge in [0.25, 0.3) is 0 Å². The number of hydrogen-bond donors (Lipinski definition) is 1. The van der Waals surface area contributed by atoms with Crippen LogP contribution in [-0.2, 0) is 32.6 Å².